The summed E-state index contributed by atoms with van der Waals surface area (Å²) in [6, 6.07) is 8.94. The second kappa shape index (κ2) is 6.70. The zero-order valence-electron chi connectivity index (χ0n) is 14.2. The maximum absolute atomic E-state index is 13.2. The molecule has 4 nitrogen and oxygen atoms in total. The van der Waals surface area contributed by atoms with Crippen molar-refractivity contribution < 1.29 is 9.53 Å². The molecule has 0 N–H and O–H groups in total. The Labute approximate surface area is 157 Å². The van der Waals surface area contributed by atoms with Gasteiger partial charge in [-0.25, -0.2) is 0 Å². The first-order chi connectivity index (χ1) is 11.8. The molecule has 130 valence electrons. The van der Waals surface area contributed by atoms with E-state index in [1.807, 2.05) is 32.0 Å². The van der Waals surface area contributed by atoms with Gasteiger partial charge in [-0.1, -0.05) is 29.3 Å². The number of halogens is 2. The number of aromatic nitrogens is 1. The summed E-state index contributed by atoms with van der Waals surface area (Å²) < 4.78 is 5.79. The van der Waals surface area contributed by atoms with Crippen molar-refractivity contribution in [1.82, 2.24) is 9.88 Å². The predicted octanol–water partition coefficient (Wildman–Crippen LogP) is 4.87. The number of benzene rings is 1. The first-order valence-corrected chi connectivity index (χ1v) is 8.59. The Hall–Kier alpha value is -2.04. The lowest BCUT2D eigenvalue weighted by atomic mass is 9.90. The zero-order valence-corrected chi connectivity index (χ0v) is 15.7. The van der Waals surface area contributed by atoms with E-state index in [-0.39, 0.29) is 12.6 Å². The van der Waals surface area contributed by atoms with E-state index < -0.39 is 5.54 Å². The number of carbonyl (C=O) groups is 1. The van der Waals surface area contributed by atoms with E-state index in [0.717, 1.165) is 11.1 Å². The minimum absolute atomic E-state index is 0.113. The molecule has 6 heteroatoms. The Morgan fingerprint density at radius 1 is 1.20 bits per heavy atom. The van der Waals surface area contributed by atoms with Crippen molar-refractivity contribution in [3.63, 3.8) is 0 Å². The molecular formula is C19H18Cl2N2O2. The van der Waals surface area contributed by atoms with Gasteiger partial charge in [0.25, 0.3) is 5.91 Å². The van der Waals surface area contributed by atoms with Crippen LogP contribution in [-0.2, 0) is 15.1 Å². The smallest absolute Gasteiger partial charge is 0.261 e. The van der Waals surface area contributed by atoms with Crippen molar-refractivity contribution in [1.29, 1.82) is 0 Å². The summed E-state index contributed by atoms with van der Waals surface area (Å²) in [7, 11) is 0. The maximum atomic E-state index is 13.2. The van der Waals surface area contributed by atoms with Gasteiger partial charge in [0.15, 0.2) is 6.73 Å². The van der Waals surface area contributed by atoms with Crippen molar-refractivity contribution in [2.75, 3.05) is 6.73 Å². The summed E-state index contributed by atoms with van der Waals surface area (Å²) in [6.45, 7) is 5.84. The monoisotopic (exact) mass is 376 g/mol. The lowest BCUT2D eigenvalue weighted by Gasteiger charge is -2.41. The summed E-state index contributed by atoms with van der Waals surface area (Å²) in [5.74, 6) is 0.479. The Kier molecular flexibility index (Phi) is 4.76. The van der Waals surface area contributed by atoms with E-state index >= 15 is 0 Å². The Bertz CT molecular complexity index is 828. The molecule has 0 fully saturated rings. The first-order valence-electron chi connectivity index (χ1n) is 7.83. The molecule has 0 aliphatic carbocycles. The van der Waals surface area contributed by atoms with Crippen molar-refractivity contribution in [2.45, 2.75) is 26.3 Å². The van der Waals surface area contributed by atoms with Crippen LogP contribution in [0.3, 0.4) is 0 Å². The van der Waals surface area contributed by atoms with Crippen molar-refractivity contribution in [3.8, 4) is 0 Å². The normalized spacial score (nSPS) is 15.4. The number of pyridine rings is 1. The van der Waals surface area contributed by atoms with Gasteiger partial charge in [-0.2, -0.15) is 0 Å². The SMILES string of the molecule is CC1=C(c2cccnc2)C(=O)N(C(C)(C)c2cc(Cl)cc(Cl)c2)CO1. The van der Waals surface area contributed by atoms with Gasteiger partial charge in [0.1, 0.15) is 5.76 Å². The molecular weight excluding hydrogens is 359 g/mol. The van der Waals surface area contributed by atoms with Crippen LogP contribution in [0.5, 0.6) is 0 Å². The number of hydrogen-bond acceptors (Lipinski definition) is 3. The highest BCUT2D eigenvalue weighted by atomic mass is 35.5. The van der Waals surface area contributed by atoms with E-state index in [4.69, 9.17) is 27.9 Å². The maximum Gasteiger partial charge on any atom is 0.261 e. The van der Waals surface area contributed by atoms with Gasteiger partial charge in [0.2, 0.25) is 0 Å². The Balaban J connectivity index is 2.02. The minimum atomic E-state index is -0.653. The summed E-state index contributed by atoms with van der Waals surface area (Å²) in [4.78, 5) is 19.0. The Morgan fingerprint density at radius 2 is 1.88 bits per heavy atom. The summed E-state index contributed by atoms with van der Waals surface area (Å²) >= 11 is 12.3. The molecule has 2 aromatic rings. The summed E-state index contributed by atoms with van der Waals surface area (Å²) in [5, 5.41) is 1.06. The minimum Gasteiger partial charge on any atom is -0.477 e. The molecule has 0 saturated carbocycles. The Morgan fingerprint density at radius 3 is 2.48 bits per heavy atom. The molecule has 1 amide bonds. The third-order valence-electron chi connectivity index (χ3n) is 4.42. The van der Waals surface area contributed by atoms with Gasteiger partial charge in [0.05, 0.1) is 11.1 Å². The van der Waals surface area contributed by atoms with Gasteiger partial charge >= 0.3 is 0 Å². The number of ether oxygens (including phenoxy) is 1. The standard InChI is InChI=1S/C19H18Cl2N2O2/c1-12-17(13-5-4-6-22-10-13)18(24)23(11-25-12)19(2,3)14-7-15(20)9-16(21)8-14/h4-10H,11H2,1-3H3. The number of nitrogens with zero attached hydrogens (tertiary/aromatic N) is 2. The summed E-state index contributed by atoms with van der Waals surface area (Å²) in [5.41, 5.74) is 1.43. The fourth-order valence-corrected chi connectivity index (χ4v) is 3.42. The number of allylic oxidation sites excluding steroid dienone is 1. The van der Waals surface area contributed by atoms with Gasteiger partial charge in [-0.15, -0.1) is 0 Å². The molecule has 3 rings (SSSR count). The largest absolute Gasteiger partial charge is 0.477 e. The number of rotatable bonds is 3. The van der Waals surface area contributed by atoms with E-state index in [9.17, 15) is 4.79 Å². The van der Waals surface area contributed by atoms with Gasteiger partial charge < -0.3 is 4.74 Å². The molecule has 0 spiro atoms. The molecule has 1 aromatic heterocycles. The van der Waals surface area contributed by atoms with Crippen LogP contribution >= 0.6 is 23.2 Å². The van der Waals surface area contributed by atoms with Crippen LogP contribution in [0.25, 0.3) is 5.57 Å². The molecule has 2 heterocycles. The highest BCUT2D eigenvalue weighted by Gasteiger charge is 2.38. The van der Waals surface area contributed by atoms with E-state index in [2.05, 4.69) is 4.98 Å². The lowest BCUT2D eigenvalue weighted by molar-refractivity contribution is -0.139. The average Bonchev–Trinajstić information content (AvgIpc) is 2.54. The van der Waals surface area contributed by atoms with Gasteiger partial charge in [-0.05, 0) is 50.6 Å². The topological polar surface area (TPSA) is 42.4 Å². The van der Waals surface area contributed by atoms with Crippen molar-refractivity contribution in [2.24, 2.45) is 0 Å². The summed E-state index contributed by atoms with van der Waals surface area (Å²) in [6.07, 6.45) is 3.33. The quantitative estimate of drug-likeness (QED) is 0.766. The second-order valence-electron chi connectivity index (χ2n) is 6.40. The van der Waals surface area contributed by atoms with E-state index in [1.165, 1.54) is 0 Å². The molecule has 1 aliphatic rings. The molecule has 25 heavy (non-hydrogen) atoms. The molecule has 0 radical (unpaired) electrons. The molecule has 0 bridgehead atoms. The zero-order chi connectivity index (χ0) is 18.2. The number of amides is 1. The van der Waals surface area contributed by atoms with Crippen LogP contribution in [0.15, 0.2) is 48.5 Å². The lowest BCUT2D eigenvalue weighted by Crippen LogP contribution is -2.49. The molecule has 0 unspecified atom stereocenters. The van der Waals surface area contributed by atoms with Crippen LogP contribution < -0.4 is 0 Å². The number of carbonyl (C=O) groups excluding carboxylic acids is 1. The second-order valence-corrected chi connectivity index (χ2v) is 7.27. The first kappa shape index (κ1) is 17.8. The van der Waals surface area contributed by atoms with Crippen molar-refractivity contribution in [3.05, 3.63) is 69.7 Å². The highest BCUT2D eigenvalue weighted by Crippen LogP contribution is 2.37. The molecule has 1 aliphatic heterocycles. The number of hydrogen-bond donors (Lipinski definition) is 0. The van der Waals surface area contributed by atoms with E-state index in [1.54, 1.807) is 36.4 Å². The predicted molar refractivity (Wildman–Crippen MR) is 99.1 cm³/mol. The van der Waals surface area contributed by atoms with Crippen LogP contribution in [0.1, 0.15) is 31.9 Å². The third kappa shape index (κ3) is 3.37. The fourth-order valence-electron chi connectivity index (χ4n) is 2.89. The van der Waals surface area contributed by atoms with Crippen LogP contribution in [0, 0.1) is 0 Å². The highest BCUT2D eigenvalue weighted by molar-refractivity contribution is 6.34. The van der Waals surface area contributed by atoms with E-state index in [0.29, 0.717) is 21.4 Å². The van der Waals surface area contributed by atoms with Crippen LogP contribution in [-0.4, -0.2) is 22.5 Å². The third-order valence-corrected chi connectivity index (χ3v) is 4.85. The molecule has 1 aromatic carbocycles. The molecule has 0 saturated heterocycles. The average molecular weight is 377 g/mol. The van der Waals surface area contributed by atoms with Crippen molar-refractivity contribution >= 4 is 34.7 Å². The van der Waals surface area contributed by atoms with Crippen LogP contribution in [0.2, 0.25) is 10.0 Å². The van der Waals surface area contributed by atoms with Gasteiger partial charge in [0, 0.05) is 28.0 Å². The fraction of sp³-hybridized carbons (Fsp3) is 0.263. The van der Waals surface area contributed by atoms with Gasteiger partial charge in [-0.3, -0.25) is 14.7 Å². The van der Waals surface area contributed by atoms with Crippen LogP contribution in [0.4, 0.5) is 0 Å². The molecule has 0 atom stereocenters.